The quantitative estimate of drug-likeness (QED) is 0.789. The summed E-state index contributed by atoms with van der Waals surface area (Å²) in [5.74, 6) is 0.694. The van der Waals surface area contributed by atoms with Crippen LogP contribution in [0.3, 0.4) is 0 Å². The van der Waals surface area contributed by atoms with Crippen LogP contribution in [-0.4, -0.2) is 51.5 Å². The van der Waals surface area contributed by atoms with Crippen LogP contribution in [0.1, 0.15) is 16.1 Å². The maximum atomic E-state index is 12.1. The molecule has 2 aliphatic heterocycles. The summed E-state index contributed by atoms with van der Waals surface area (Å²) in [6.45, 7) is 1.11. The minimum atomic E-state index is -0.650. The van der Waals surface area contributed by atoms with Crippen molar-refractivity contribution >= 4 is 17.7 Å². The van der Waals surface area contributed by atoms with Gasteiger partial charge in [-0.3, -0.25) is 9.89 Å². The van der Waals surface area contributed by atoms with E-state index in [-0.39, 0.29) is 12.0 Å². The molecule has 1 fully saturated rings. The molecule has 1 amide bonds. The van der Waals surface area contributed by atoms with Crippen molar-refractivity contribution in [3.05, 3.63) is 47.8 Å². The third kappa shape index (κ3) is 2.66. The summed E-state index contributed by atoms with van der Waals surface area (Å²) >= 11 is 0. The molecule has 1 saturated heterocycles. The van der Waals surface area contributed by atoms with Gasteiger partial charge in [0.25, 0.3) is 5.91 Å². The number of nitrogens with one attached hydrogen (secondary N) is 2. The van der Waals surface area contributed by atoms with Gasteiger partial charge in [-0.25, -0.2) is 0 Å². The van der Waals surface area contributed by atoms with Crippen molar-refractivity contribution in [3.8, 4) is 5.75 Å². The highest BCUT2D eigenvalue weighted by atomic mass is 16.5. The molecule has 23 heavy (non-hydrogen) atoms. The second kappa shape index (κ2) is 5.44. The monoisotopic (exact) mass is 312 g/mol. The lowest BCUT2D eigenvalue weighted by molar-refractivity contribution is 0.0173. The zero-order chi connectivity index (χ0) is 15.8. The number of rotatable bonds is 3. The second-order valence-corrected chi connectivity index (χ2v) is 5.62. The number of hydrogen-bond acceptors (Lipinski definition) is 5. The Morgan fingerprint density at radius 3 is 3.00 bits per heavy atom. The number of nitrogens with zero attached hydrogens (tertiary/aromatic N) is 2. The summed E-state index contributed by atoms with van der Waals surface area (Å²) in [5, 5.41) is 18.9. The standard InChI is InChI=1S/C16H16N4O3/c21-15-4-1-10-7-11(2-3-13(10)18-15)23-12-8-20(9-12)16(22)14-5-6-17-19-14/h1-7,12,15,18,21H,8-9H2,(H,17,19). The fourth-order valence-electron chi connectivity index (χ4n) is 2.70. The number of carbonyl (C=O) groups excluding carboxylic acids is 1. The van der Waals surface area contributed by atoms with E-state index in [1.54, 1.807) is 23.2 Å². The number of H-pyrrole nitrogens is 1. The van der Waals surface area contributed by atoms with E-state index in [0.717, 1.165) is 17.0 Å². The van der Waals surface area contributed by atoms with Crippen molar-refractivity contribution in [3.63, 3.8) is 0 Å². The smallest absolute Gasteiger partial charge is 0.272 e. The number of anilines is 1. The number of amides is 1. The van der Waals surface area contributed by atoms with Crippen LogP contribution in [0, 0.1) is 0 Å². The van der Waals surface area contributed by atoms with Gasteiger partial charge >= 0.3 is 0 Å². The van der Waals surface area contributed by atoms with Crippen LogP contribution in [0.25, 0.3) is 6.08 Å². The molecule has 118 valence electrons. The van der Waals surface area contributed by atoms with Crippen molar-refractivity contribution in [2.45, 2.75) is 12.3 Å². The fourth-order valence-corrected chi connectivity index (χ4v) is 2.70. The molecule has 0 spiro atoms. The van der Waals surface area contributed by atoms with Crippen molar-refractivity contribution in [2.24, 2.45) is 0 Å². The molecule has 1 unspecified atom stereocenters. The number of aliphatic hydroxyl groups is 1. The molecule has 0 saturated carbocycles. The first-order chi connectivity index (χ1) is 11.2. The molecule has 1 aromatic carbocycles. The van der Waals surface area contributed by atoms with Crippen LogP contribution in [0.4, 0.5) is 5.69 Å². The van der Waals surface area contributed by atoms with Crippen LogP contribution >= 0.6 is 0 Å². The van der Waals surface area contributed by atoms with Crippen LogP contribution in [-0.2, 0) is 0 Å². The predicted octanol–water partition coefficient (Wildman–Crippen LogP) is 1.07. The third-order valence-corrected chi connectivity index (χ3v) is 3.95. The number of aromatic nitrogens is 2. The van der Waals surface area contributed by atoms with Gasteiger partial charge in [-0.05, 0) is 30.3 Å². The van der Waals surface area contributed by atoms with Gasteiger partial charge in [0, 0.05) is 17.4 Å². The van der Waals surface area contributed by atoms with E-state index < -0.39 is 6.23 Å². The van der Waals surface area contributed by atoms with Crippen molar-refractivity contribution in [1.29, 1.82) is 0 Å². The molecule has 0 radical (unpaired) electrons. The largest absolute Gasteiger partial charge is 0.487 e. The van der Waals surface area contributed by atoms with Crippen molar-refractivity contribution < 1.29 is 14.6 Å². The summed E-state index contributed by atoms with van der Waals surface area (Å²) in [4.78, 5) is 13.8. The van der Waals surface area contributed by atoms with Crippen LogP contribution in [0.2, 0.25) is 0 Å². The zero-order valence-corrected chi connectivity index (χ0v) is 12.3. The van der Waals surface area contributed by atoms with E-state index in [4.69, 9.17) is 4.74 Å². The van der Waals surface area contributed by atoms with Crippen LogP contribution in [0.15, 0.2) is 36.5 Å². The first-order valence-electron chi connectivity index (χ1n) is 7.41. The topological polar surface area (TPSA) is 90.5 Å². The van der Waals surface area contributed by atoms with Gasteiger partial charge in [-0.1, -0.05) is 6.08 Å². The van der Waals surface area contributed by atoms with Gasteiger partial charge < -0.3 is 20.1 Å². The van der Waals surface area contributed by atoms with E-state index >= 15 is 0 Å². The lowest BCUT2D eigenvalue weighted by atomic mass is 10.1. The molecule has 4 rings (SSSR count). The molecule has 2 aliphatic rings. The molecule has 2 aromatic rings. The number of aromatic amines is 1. The molecule has 1 aromatic heterocycles. The number of carbonyl (C=O) groups is 1. The average Bonchev–Trinajstić information content (AvgIpc) is 3.04. The van der Waals surface area contributed by atoms with E-state index in [1.807, 2.05) is 24.3 Å². The first kappa shape index (κ1) is 13.8. The highest BCUT2D eigenvalue weighted by Crippen LogP contribution is 2.28. The number of aliphatic hydroxyl groups excluding tert-OH is 1. The Kier molecular flexibility index (Phi) is 3.27. The number of fused-ring (bicyclic) bond motifs is 1. The summed E-state index contributed by atoms with van der Waals surface area (Å²) in [6, 6.07) is 7.32. The Bertz CT molecular complexity index is 751. The fraction of sp³-hybridized carbons (Fsp3) is 0.250. The maximum absolute atomic E-state index is 12.1. The highest BCUT2D eigenvalue weighted by Gasteiger charge is 2.33. The normalized spacial score (nSPS) is 19.7. The summed E-state index contributed by atoms with van der Waals surface area (Å²) in [6.07, 6.45) is 4.44. The first-order valence-corrected chi connectivity index (χ1v) is 7.41. The minimum absolute atomic E-state index is 0.00830. The SMILES string of the molecule is O=C(c1ccn[nH]1)N1CC(Oc2ccc3c(c2)C=CC(O)N3)C1. The van der Waals surface area contributed by atoms with E-state index in [1.165, 1.54) is 0 Å². The van der Waals surface area contributed by atoms with Gasteiger partial charge in [0.1, 0.15) is 23.8 Å². The second-order valence-electron chi connectivity index (χ2n) is 5.62. The summed E-state index contributed by atoms with van der Waals surface area (Å²) < 4.78 is 5.90. The molecule has 3 N–H and O–H groups in total. The van der Waals surface area contributed by atoms with Crippen molar-refractivity contribution in [2.75, 3.05) is 18.4 Å². The Hall–Kier alpha value is -2.80. The lowest BCUT2D eigenvalue weighted by Gasteiger charge is -2.38. The maximum Gasteiger partial charge on any atom is 0.272 e. The molecule has 0 bridgehead atoms. The molecule has 7 heteroatoms. The van der Waals surface area contributed by atoms with Crippen LogP contribution in [0.5, 0.6) is 5.75 Å². The number of benzene rings is 1. The van der Waals surface area contributed by atoms with Gasteiger partial charge in [-0.2, -0.15) is 5.10 Å². The number of likely N-dealkylation sites (tertiary alicyclic amines) is 1. The minimum Gasteiger partial charge on any atom is -0.487 e. The summed E-state index contributed by atoms with van der Waals surface area (Å²) in [7, 11) is 0. The van der Waals surface area contributed by atoms with Gasteiger partial charge in [0.15, 0.2) is 0 Å². The molecule has 3 heterocycles. The molecular weight excluding hydrogens is 296 g/mol. The number of hydrogen-bond donors (Lipinski definition) is 3. The zero-order valence-electron chi connectivity index (χ0n) is 12.3. The molecule has 1 atom stereocenters. The summed E-state index contributed by atoms with van der Waals surface area (Å²) in [5.41, 5.74) is 2.33. The van der Waals surface area contributed by atoms with Gasteiger partial charge in [0.05, 0.1) is 13.1 Å². The number of ether oxygens (including phenoxy) is 1. The van der Waals surface area contributed by atoms with Crippen LogP contribution < -0.4 is 10.1 Å². The Morgan fingerprint density at radius 1 is 1.35 bits per heavy atom. The van der Waals surface area contributed by atoms with E-state index in [2.05, 4.69) is 15.5 Å². The highest BCUT2D eigenvalue weighted by molar-refractivity contribution is 5.92. The van der Waals surface area contributed by atoms with Gasteiger partial charge in [-0.15, -0.1) is 0 Å². The predicted molar refractivity (Wildman–Crippen MR) is 84.0 cm³/mol. The van der Waals surface area contributed by atoms with E-state index in [0.29, 0.717) is 18.8 Å². The molecule has 0 aliphatic carbocycles. The Morgan fingerprint density at radius 2 is 2.22 bits per heavy atom. The van der Waals surface area contributed by atoms with Gasteiger partial charge in [0.2, 0.25) is 0 Å². The Balaban J connectivity index is 1.36. The average molecular weight is 312 g/mol. The molecular formula is C16H16N4O3. The van der Waals surface area contributed by atoms with E-state index in [9.17, 15) is 9.90 Å². The third-order valence-electron chi connectivity index (χ3n) is 3.95. The van der Waals surface area contributed by atoms with Crippen molar-refractivity contribution in [1.82, 2.24) is 15.1 Å². The Labute approximate surface area is 132 Å². The lowest BCUT2D eigenvalue weighted by Crippen LogP contribution is -2.56. The molecule has 7 nitrogen and oxygen atoms in total.